The van der Waals surface area contributed by atoms with Crippen LogP contribution in [0.5, 0.6) is 0 Å². The van der Waals surface area contributed by atoms with Crippen molar-refractivity contribution in [3.05, 3.63) is 36.4 Å². The van der Waals surface area contributed by atoms with Crippen LogP contribution >= 0.6 is 0 Å². The van der Waals surface area contributed by atoms with Gasteiger partial charge < -0.3 is 0 Å². The lowest BCUT2D eigenvalue weighted by Gasteiger charge is -2.00. The number of benzene rings is 1. The number of para-hydroxylation sites is 1. The third kappa shape index (κ3) is 10.4. The molecular weight excluding hydrogens is 356 g/mol. The molecule has 0 saturated heterocycles. The topological polar surface area (TPSA) is 43.1 Å². The van der Waals surface area contributed by atoms with E-state index >= 15 is 0 Å². The van der Waals surface area contributed by atoms with E-state index in [9.17, 15) is 0 Å². The molecule has 29 heavy (non-hydrogen) atoms. The summed E-state index contributed by atoms with van der Waals surface area (Å²) in [6.45, 7) is 3.15. The fraction of sp³-hybridized carbons (Fsp3) is 0.640. The van der Waals surface area contributed by atoms with Crippen LogP contribution in [0, 0.1) is 0 Å². The molecule has 0 saturated carbocycles. The van der Waals surface area contributed by atoms with Crippen molar-refractivity contribution in [3.63, 3.8) is 0 Å². The molecule has 0 spiro atoms. The Morgan fingerprint density at radius 2 is 1.41 bits per heavy atom. The molecule has 2 aromatic rings. The summed E-state index contributed by atoms with van der Waals surface area (Å²) < 4.78 is 1.76. The van der Waals surface area contributed by atoms with E-state index in [1.165, 1.54) is 83.5 Å². The minimum absolute atomic E-state index is 0.870. The Morgan fingerprint density at radius 3 is 2.14 bits per heavy atom. The first-order valence-electron chi connectivity index (χ1n) is 11.9. The molecule has 0 aliphatic heterocycles. The highest BCUT2D eigenvalue weighted by Gasteiger charge is 1.99. The summed E-state index contributed by atoms with van der Waals surface area (Å²) in [7, 11) is 0. The van der Waals surface area contributed by atoms with Crippen molar-refractivity contribution in [1.82, 2.24) is 15.0 Å². The number of rotatable bonds is 17. The lowest BCUT2D eigenvalue weighted by atomic mass is 10.1. The van der Waals surface area contributed by atoms with Gasteiger partial charge in [-0.1, -0.05) is 94.2 Å². The Hall–Kier alpha value is -1.97. The second kappa shape index (κ2) is 15.9. The van der Waals surface area contributed by atoms with E-state index in [0.29, 0.717) is 0 Å². The predicted molar refractivity (Wildman–Crippen MR) is 126 cm³/mol. The molecular formula is C25H40N4. The van der Waals surface area contributed by atoms with Crippen molar-refractivity contribution in [1.29, 1.82) is 0 Å². The zero-order valence-corrected chi connectivity index (χ0v) is 18.4. The number of hydrogen-bond donors (Lipinski definition) is 0. The third-order valence-corrected chi connectivity index (χ3v) is 5.37. The van der Waals surface area contributed by atoms with E-state index in [1.807, 2.05) is 24.3 Å². The highest BCUT2D eigenvalue weighted by Crippen LogP contribution is 2.10. The van der Waals surface area contributed by atoms with Crippen LogP contribution in [0.25, 0.3) is 11.0 Å². The van der Waals surface area contributed by atoms with Gasteiger partial charge in [0.1, 0.15) is 11.9 Å². The van der Waals surface area contributed by atoms with Gasteiger partial charge in [0.05, 0.1) is 5.52 Å². The maximum absolute atomic E-state index is 4.49. The van der Waals surface area contributed by atoms with Crippen LogP contribution in [-0.4, -0.2) is 27.9 Å². The number of fused-ring (bicyclic) bond motifs is 1. The van der Waals surface area contributed by atoms with E-state index in [2.05, 4.69) is 34.4 Å². The average Bonchev–Trinajstić information content (AvgIpc) is 3.16. The second-order valence-corrected chi connectivity index (χ2v) is 7.98. The fourth-order valence-corrected chi connectivity index (χ4v) is 3.56. The van der Waals surface area contributed by atoms with Gasteiger partial charge in [0.15, 0.2) is 0 Å². The zero-order valence-electron chi connectivity index (χ0n) is 18.4. The standard InChI is InChI=1S/C25H40N4/c1-2-3-4-5-6-7-8-9-10-11-12-13-14-15-16-19-22-26-23-29-25-21-18-17-20-24(25)27-28-29/h9-10,17-18,20-21,23H,2-8,11-16,19,22H2,1H3/b10-9-,26-23?. The Morgan fingerprint density at radius 1 is 0.793 bits per heavy atom. The van der Waals surface area contributed by atoms with Crippen LogP contribution < -0.4 is 0 Å². The van der Waals surface area contributed by atoms with Crippen LogP contribution in [0.2, 0.25) is 0 Å². The first-order valence-corrected chi connectivity index (χ1v) is 11.9. The summed E-state index contributed by atoms with van der Waals surface area (Å²) in [5.41, 5.74) is 1.92. The van der Waals surface area contributed by atoms with Crippen molar-refractivity contribution in [2.75, 3.05) is 6.54 Å². The average molecular weight is 397 g/mol. The second-order valence-electron chi connectivity index (χ2n) is 7.98. The largest absolute Gasteiger partial charge is 0.273 e. The first-order chi connectivity index (χ1) is 14.4. The molecule has 1 aromatic heterocycles. The maximum atomic E-state index is 4.49. The Balaban J connectivity index is 1.37. The Labute approximate surface area is 177 Å². The zero-order chi connectivity index (χ0) is 20.4. The van der Waals surface area contributed by atoms with Gasteiger partial charge in [0.25, 0.3) is 0 Å². The lowest BCUT2D eigenvalue weighted by molar-refractivity contribution is 0.599. The minimum Gasteiger partial charge on any atom is -0.273 e. The van der Waals surface area contributed by atoms with Gasteiger partial charge in [-0.2, -0.15) is 0 Å². The number of hydrogen-bond acceptors (Lipinski definition) is 3. The van der Waals surface area contributed by atoms with Gasteiger partial charge in [-0.25, -0.2) is 4.68 Å². The van der Waals surface area contributed by atoms with E-state index in [4.69, 9.17) is 0 Å². The molecule has 0 atom stereocenters. The summed E-state index contributed by atoms with van der Waals surface area (Å²) in [5, 5.41) is 8.25. The van der Waals surface area contributed by atoms with Gasteiger partial charge in [-0.15, -0.1) is 5.10 Å². The summed E-state index contributed by atoms with van der Waals surface area (Å²) in [4.78, 5) is 4.49. The summed E-state index contributed by atoms with van der Waals surface area (Å²) in [6.07, 6.45) is 25.3. The van der Waals surface area contributed by atoms with E-state index in [-0.39, 0.29) is 0 Å². The minimum atomic E-state index is 0.870. The quantitative estimate of drug-likeness (QED) is 0.121. The van der Waals surface area contributed by atoms with Crippen molar-refractivity contribution < 1.29 is 0 Å². The van der Waals surface area contributed by atoms with Crippen LogP contribution in [0.1, 0.15) is 96.8 Å². The number of unbranched alkanes of at least 4 members (excludes halogenated alkanes) is 12. The lowest BCUT2D eigenvalue weighted by Crippen LogP contribution is -1.98. The molecule has 0 radical (unpaired) electrons. The molecule has 1 aromatic carbocycles. The van der Waals surface area contributed by atoms with Gasteiger partial charge in [-0.3, -0.25) is 4.99 Å². The molecule has 0 aliphatic carbocycles. The van der Waals surface area contributed by atoms with Gasteiger partial charge in [0.2, 0.25) is 0 Å². The summed E-state index contributed by atoms with van der Waals surface area (Å²) in [5.74, 6) is 0. The first kappa shape index (κ1) is 23.3. The van der Waals surface area contributed by atoms with E-state index in [1.54, 1.807) is 11.0 Å². The normalized spacial score (nSPS) is 12.0. The molecule has 0 aliphatic rings. The van der Waals surface area contributed by atoms with Crippen molar-refractivity contribution in [2.24, 2.45) is 4.99 Å². The van der Waals surface area contributed by atoms with Gasteiger partial charge in [-0.05, 0) is 44.2 Å². The van der Waals surface area contributed by atoms with Crippen LogP contribution in [0.3, 0.4) is 0 Å². The number of allylic oxidation sites excluding steroid dienone is 2. The Bertz CT molecular complexity index is 702. The Kier molecular flexibility index (Phi) is 12.8. The monoisotopic (exact) mass is 396 g/mol. The highest BCUT2D eigenvalue weighted by molar-refractivity contribution is 5.80. The van der Waals surface area contributed by atoms with Gasteiger partial charge >= 0.3 is 0 Å². The van der Waals surface area contributed by atoms with Crippen molar-refractivity contribution >= 4 is 17.4 Å². The smallest absolute Gasteiger partial charge is 0.113 e. The van der Waals surface area contributed by atoms with Crippen molar-refractivity contribution in [3.8, 4) is 0 Å². The molecule has 1 heterocycles. The molecule has 4 nitrogen and oxygen atoms in total. The number of aliphatic imine (C=N–C) groups is 1. The molecule has 160 valence electrons. The number of nitrogens with zero attached hydrogens (tertiary/aromatic N) is 4. The van der Waals surface area contributed by atoms with Gasteiger partial charge in [0, 0.05) is 6.54 Å². The molecule has 0 fully saturated rings. The molecule has 4 heteroatoms. The SMILES string of the molecule is CCCCCCCC/C=C\CCCCCCCCN=Cn1nnc2ccccc21. The maximum Gasteiger partial charge on any atom is 0.113 e. The fourth-order valence-electron chi connectivity index (χ4n) is 3.56. The van der Waals surface area contributed by atoms with Crippen molar-refractivity contribution in [2.45, 2.75) is 96.8 Å². The molecule has 0 amide bonds. The van der Waals surface area contributed by atoms with E-state index in [0.717, 1.165) is 24.0 Å². The van der Waals surface area contributed by atoms with Crippen LogP contribution in [0.4, 0.5) is 0 Å². The molecule has 0 N–H and O–H groups in total. The molecule has 0 bridgehead atoms. The number of aromatic nitrogens is 3. The summed E-state index contributed by atoms with van der Waals surface area (Å²) >= 11 is 0. The summed E-state index contributed by atoms with van der Waals surface area (Å²) in [6, 6.07) is 7.97. The molecule has 2 rings (SSSR count). The third-order valence-electron chi connectivity index (χ3n) is 5.37. The molecule has 0 unspecified atom stereocenters. The van der Waals surface area contributed by atoms with Crippen LogP contribution in [-0.2, 0) is 0 Å². The highest BCUT2D eigenvalue weighted by atomic mass is 15.4. The predicted octanol–water partition coefficient (Wildman–Crippen LogP) is 7.35. The van der Waals surface area contributed by atoms with Crippen LogP contribution in [0.15, 0.2) is 41.4 Å². The van der Waals surface area contributed by atoms with E-state index < -0.39 is 0 Å².